The quantitative estimate of drug-likeness (QED) is 0.651. The zero-order chi connectivity index (χ0) is 14.8. The van der Waals surface area contributed by atoms with Gasteiger partial charge >= 0.3 is 6.18 Å². The number of nitrogen functional groups attached to an aromatic ring is 1. The van der Waals surface area contributed by atoms with Crippen LogP contribution in [0.2, 0.25) is 0 Å². The number of hydrogen-bond donors (Lipinski definition) is 2. The molecule has 3 nitrogen and oxygen atoms in total. The highest BCUT2D eigenvalue weighted by Gasteiger charge is 2.32. The Labute approximate surface area is 110 Å². The molecule has 0 aliphatic carbocycles. The molecule has 0 radical (unpaired) electrons. The lowest BCUT2D eigenvalue weighted by Gasteiger charge is -2.26. The molecule has 0 fully saturated rings. The Bertz CT molecular complexity index is 481. The zero-order valence-corrected chi connectivity index (χ0v) is 11.1. The number of amidine groups is 1. The number of halogens is 3. The van der Waals surface area contributed by atoms with Crippen LogP contribution >= 0.6 is 0 Å². The Morgan fingerprint density at radius 1 is 1.32 bits per heavy atom. The van der Waals surface area contributed by atoms with Crippen molar-refractivity contribution in [3.63, 3.8) is 0 Å². The van der Waals surface area contributed by atoms with E-state index >= 15 is 0 Å². The Hall–Kier alpha value is -1.72. The topological polar surface area (TPSA) is 59.1 Å². The molecule has 6 heteroatoms. The minimum absolute atomic E-state index is 0.0450. The molecule has 0 amide bonds. The Morgan fingerprint density at radius 2 is 1.89 bits per heavy atom. The average Bonchev–Trinajstić information content (AvgIpc) is 2.27. The van der Waals surface area contributed by atoms with E-state index in [1.165, 1.54) is 6.07 Å². The minimum atomic E-state index is -4.47. The van der Waals surface area contributed by atoms with Crippen molar-refractivity contribution in [2.45, 2.75) is 39.0 Å². The molecule has 0 aromatic heterocycles. The fourth-order valence-corrected chi connectivity index (χ4v) is 1.38. The van der Waals surface area contributed by atoms with Gasteiger partial charge in [0.15, 0.2) is 0 Å². The largest absolute Gasteiger partial charge is 0.487 e. The highest BCUT2D eigenvalue weighted by Crippen LogP contribution is 2.33. The van der Waals surface area contributed by atoms with Gasteiger partial charge in [-0.3, -0.25) is 5.41 Å². The van der Waals surface area contributed by atoms with Gasteiger partial charge in [-0.15, -0.1) is 0 Å². The van der Waals surface area contributed by atoms with Gasteiger partial charge in [0, 0.05) is 0 Å². The minimum Gasteiger partial charge on any atom is -0.487 e. The Kier molecular flexibility index (Phi) is 4.12. The molecular formula is C13H17F3N2O. The monoisotopic (exact) mass is 274 g/mol. The van der Waals surface area contributed by atoms with Gasteiger partial charge in [0.25, 0.3) is 0 Å². The molecule has 1 rings (SSSR count). The van der Waals surface area contributed by atoms with Crippen LogP contribution in [0.4, 0.5) is 13.2 Å². The highest BCUT2D eigenvalue weighted by atomic mass is 19.4. The number of benzene rings is 1. The van der Waals surface area contributed by atoms with Gasteiger partial charge in [-0.1, -0.05) is 6.92 Å². The average molecular weight is 274 g/mol. The number of nitrogens with two attached hydrogens (primary N) is 1. The van der Waals surface area contributed by atoms with E-state index in [9.17, 15) is 13.2 Å². The molecular weight excluding hydrogens is 257 g/mol. The Morgan fingerprint density at radius 3 is 2.32 bits per heavy atom. The number of nitrogens with one attached hydrogen (secondary N) is 1. The third kappa shape index (κ3) is 3.87. The van der Waals surface area contributed by atoms with Crippen LogP contribution in [0.5, 0.6) is 5.75 Å². The summed E-state index contributed by atoms with van der Waals surface area (Å²) < 4.78 is 43.5. The van der Waals surface area contributed by atoms with Crippen LogP contribution in [0.1, 0.15) is 38.3 Å². The standard InChI is InChI=1S/C13H17F3N2O/c1-4-12(2,3)19-10-6-5-8(13(14,15)16)7-9(10)11(17)18/h5-7H,4H2,1-3H3,(H3,17,18). The predicted molar refractivity (Wildman–Crippen MR) is 67.5 cm³/mol. The lowest BCUT2D eigenvalue weighted by Crippen LogP contribution is -2.28. The molecule has 0 bridgehead atoms. The van der Waals surface area contributed by atoms with Gasteiger partial charge in [-0.2, -0.15) is 13.2 Å². The summed E-state index contributed by atoms with van der Waals surface area (Å²) in [5, 5.41) is 7.37. The van der Waals surface area contributed by atoms with E-state index in [-0.39, 0.29) is 11.3 Å². The van der Waals surface area contributed by atoms with Crippen LogP contribution in [0.25, 0.3) is 0 Å². The first-order valence-electron chi connectivity index (χ1n) is 5.81. The first-order valence-corrected chi connectivity index (χ1v) is 5.81. The van der Waals surface area contributed by atoms with E-state index in [1.807, 2.05) is 20.8 Å². The van der Waals surface area contributed by atoms with Crippen molar-refractivity contribution in [2.75, 3.05) is 0 Å². The summed E-state index contributed by atoms with van der Waals surface area (Å²) in [4.78, 5) is 0. The summed E-state index contributed by atoms with van der Waals surface area (Å²) >= 11 is 0. The van der Waals surface area contributed by atoms with Crippen molar-refractivity contribution >= 4 is 5.84 Å². The van der Waals surface area contributed by atoms with Crippen molar-refractivity contribution in [3.05, 3.63) is 29.3 Å². The van der Waals surface area contributed by atoms with Crippen molar-refractivity contribution in [1.29, 1.82) is 5.41 Å². The zero-order valence-electron chi connectivity index (χ0n) is 11.1. The van der Waals surface area contributed by atoms with Crippen molar-refractivity contribution in [2.24, 2.45) is 5.73 Å². The van der Waals surface area contributed by atoms with Crippen LogP contribution in [0, 0.1) is 5.41 Å². The van der Waals surface area contributed by atoms with Gasteiger partial charge in [0.05, 0.1) is 11.1 Å². The van der Waals surface area contributed by atoms with Gasteiger partial charge in [-0.25, -0.2) is 0 Å². The van der Waals surface area contributed by atoms with Gasteiger partial charge in [0.2, 0.25) is 0 Å². The molecule has 0 saturated heterocycles. The van der Waals surface area contributed by atoms with Crippen molar-refractivity contribution in [1.82, 2.24) is 0 Å². The third-order valence-corrected chi connectivity index (χ3v) is 2.83. The van der Waals surface area contributed by atoms with Gasteiger partial charge in [0.1, 0.15) is 17.2 Å². The molecule has 0 aliphatic heterocycles. The predicted octanol–water partition coefficient (Wildman–Crippen LogP) is 3.56. The fraction of sp³-hybridized carbons (Fsp3) is 0.462. The summed E-state index contributed by atoms with van der Waals surface area (Å²) in [5.74, 6) is -0.264. The van der Waals surface area contributed by atoms with Gasteiger partial charge < -0.3 is 10.5 Å². The molecule has 3 N–H and O–H groups in total. The molecule has 0 spiro atoms. The molecule has 1 aromatic rings. The van der Waals surface area contributed by atoms with E-state index in [4.69, 9.17) is 15.9 Å². The van der Waals surface area contributed by atoms with Crippen LogP contribution in [-0.4, -0.2) is 11.4 Å². The van der Waals surface area contributed by atoms with Gasteiger partial charge in [-0.05, 0) is 38.5 Å². The summed E-state index contributed by atoms with van der Waals surface area (Å²) in [6, 6.07) is 2.97. The maximum absolute atomic E-state index is 12.6. The van der Waals surface area contributed by atoms with Crippen LogP contribution < -0.4 is 10.5 Å². The normalized spacial score (nSPS) is 12.3. The molecule has 0 heterocycles. The first-order chi connectivity index (χ1) is 8.57. The van der Waals surface area contributed by atoms with E-state index in [0.29, 0.717) is 6.42 Å². The second kappa shape index (κ2) is 5.11. The molecule has 106 valence electrons. The number of rotatable bonds is 4. The van der Waals surface area contributed by atoms with E-state index in [0.717, 1.165) is 12.1 Å². The first kappa shape index (κ1) is 15.3. The summed E-state index contributed by atoms with van der Waals surface area (Å²) in [6.07, 6.45) is -3.80. The van der Waals surface area contributed by atoms with Crippen LogP contribution in [0.15, 0.2) is 18.2 Å². The third-order valence-electron chi connectivity index (χ3n) is 2.83. The summed E-state index contributed by atoms with van der Waals surface area (Å²) in [6.45, 7) is 5.53. The van der Waals surface area contributed by atoms with Crippen molar-refractivity contribution < 1.29 is 17.9 Å². The number of alkyl halides is 3. The maximum atomic E-state index is 12.6. The lowest BCUT2D eigenvalue weighted by molar-refractivity contribution is -0.137. The van der Waals surface area contributed by atoms with E-state index in [1.54, 1.807) is 0 Å². The van der Waals surface area contributed by atoms with Crippen molar-refractivity contribution in [3.8, 4) is 5.75 Å². The lowest BCUT2D eigenvalue weighted by atomic mass is 10.0. The molecule has 19 heavy (non-hydrogen) atoms. The van der Waals surface area contributed by atoms with E-state index in [2.05, 4.69) is 0 Å². The number of ether oxygens (including phenoxy) is 1. The SMILES string of the molecule is CCC(C)(C)Oc1ccc(C(F)(F)F)cc1C(=N)N. The maximum Gasteiger partial charge on any atom is 0.416 e. The Balaban J connectivity index is 3.24. The van der Waals surface area contributed by atoms with Crippen LogP contribution in [0.3, 0.4) is 0 Å². The molecule has 0 saturated carbocycles. The molecule has 0 unspecified atom stereocenters. The second-order valence-corrected chi connectivity index (χ2v) is 4.84. The highest BCUT2D eigenvalue weighted by molar-refractivity contribution is 5.97. The summed E-state index contributed by atoms with van der Waals surface area (Å²) in [7, 11) is 0. The van der Waals surface area contributed by atoms with Crippen LogP contribution in [-0.2, 0) is 6.18 Å². The smallest absolute Gasteiger partial charge is 0.416 e. The molecule has 0 atom stereocenters. The summed E-state index contributed by atoms with van der Waals surface area (Å²) in [5.41, 5.74) is 3.89. The number of hydrogen-bond acceptors (Lipinski definition) is 2. The second-order valence-electron chi connectivity index (χ2n) is 4.84. The molecule has 0 aliphatic rings. The van der Waals surface area contributed by atoms with E-state index < -0.39 is 23.2 Å². The molecule has 1 aromatic carbocycles. The fourth-order valence-electron chi connectivity index (χ4n) is 1.38.